The summed E-state index contributed by atoms with van der Waals surface area (Å²) in [5.41, 5.74) is 0. The molecule has 0 aliphatic carbocycles. The van der Waals surface area contributed by atoms with Crippen molar-refractivity contribution in [2.75, 3.05) is 13.1 Å². The summed E-state index contributed by atoms with van der Waals surface area (Å²) >= 11 is 9.23. The average Bonchev–Trinajstić information content (AvgIpc) is 2.68. The highest BCUT2D eigenvalue weighted by Gasteiger charge is 2.27. The molecular weight excluding hydrogens is 374 g/mol. The van der Waals surface area contributed by atoms with Crippen LogP contribution in [0.1, 0.15) is 39.0 Å². The van der Waals surface area contributed by atoms with Crippen molar-refractivity contribution in [2.24, 2.45) is 5.92 Å². The molecule has 1 fully saturated rings. The van der Waals surface area contributed by atoms with E-state index in [-0.39, 0.29) is 0 Å². The maximum Gasteiger partial charge on any atom is 0.243 e. The average molecular weight is 395 g/mol. The zero-order chi connectivity index (χ0) is 15.5. The van der Waals surface area contributed by atoms with Gasteiger partial charge in [-0.25, -0.2) is 8.42 Å². The van der Waals surface area contributed by atoms with Crippen LogP contribution in [0.2, 0.25) is 5.02 Å². The van der Waals surface area contributed by atoms with Crippen molar-refractivity contribution in [1.29, 1.82) is 0 Å². The molecule has 1 heterocycles. The summed E-state index contributed by atoms with van der Waals surface area (Å²) in [6.45, 7) is 3.42. The van der Waals surface area contributed by atoms with Gasteiger partial charge in [0.25, 0.3) is 0 Å². The zero-order valence-electron chi connectivity index (χ0n) is 12.2. The third-order valence-corrected chi connectivity index (χ3v) is 7.14. The van der Waals surface area contributed by atoms with Crippen LogP contribution in [0.3, 0.4) is 0 Å². The Kier molecular flexibility index (Phi) is 6.12. The van der Waals surface area contributed by atoms with Crippen LogP contribution in [0.15, 0.2) is 27.6 Å². The molecule has 21 heavy (non-hydrogen) atoms. The van der Waals surface area contributed by atoms with Gasteiger partial charge in [0, 0.05) is 17.6 Å². The summed E-state index contributed by atoms with van der Waals surface area (Å²) < 4.78 is 27.7. The Labute approximate surface area is 140 Å². The molecule has 3 nitrogen and oxygen atoms in total. The van der Waals surface area contributed by atoms with E-state index in [1.165, 1.54) is 12.8 Å². The monoisotopic (exact) mass is 393 g/mol. The van der Waals surface area contributed by atoms with Crippen LogP contribution < -0.4 is 0 Å². The fourth-order valence-electron chi connectivity index (χ4n) is 2.86. The Morgan fingerprint density at radius 1 is 1.33 bits per heavy atom. The van der Waals surface area contributed by atoms with Gasteiger partial charge in [-0.3, -0.25) is 0 Å². The molecule has 0 aromatic heterocycles. The van der Waals surface area contributed by atoms with Gasteiger partial charge in [0.2, 0.25) is 10.0 Å². The van der Waals surface area contributed by atoms with E-state index in [4.69, 9.17) is 11.6 Å². The number of rotatable bonds is 4. The number of hydrogen-bond acceptors (Lipinski definition) is 2. The predicted octanol–water partition coefficient (Wildman–Crippen LogP) is 4.69. The summed E-state index contributed by atoms with van der Waals surface area (Å²) in [5, 5.41) is 0.521. The minimum absolute atomic E-state index is 0.313. The minimum atomic E-state index is -3.42. The lowest BCUT2D eigenvalue weighted by molar-refractivity contribution is 0.400. The topological polar surface area (TPSA) is 37.4 Å². The second-order valence-electron chi connectivity index (χ2n) is 5.57. The third-order valence-electron chi connectivity index (χ3n) is 4.03. The molecule has 1 aliphatic heterocycles. The molecule has 0 radical (unpaired) electrons. The first-order chi connectivity index (χ1) is 9.95. The number of hydrogen-bond donors (Lipinski definition) is 0. The standard InChI is InChI=1S/C15H21BrClNO2S/c1-2-4-12-5-3-9-18(10-8-12)21(19,20)13-6-7-15(17)14(16)11-13/h6-7,11-12H,2-5,8-10H2,1H3. The first-order valence-corrected chi connectivity index (χ1v) is 10.0. The van der Waals surface area contributed by atoms with Gasteiger partial charge < -0.3 is 0 Å². The van der Waals surface area contributed by atoms with Gasteiger partial charge in [0.15, 0.2) is 0 Å². The van der Waals surface area contributed by atoms with Crippen LogP contribution in [-0.2, 0) is 10.0 Å². The summed E-state index contributed by atoms with van der Waals surface area (Å²) in [5.74, 6) is 0.659. The molecule has 6 heteroatoms. The molecule has 1 unspecified atom stereocenters. The second-order valence-corrected chi connectivity index (χ2v) is 8.77. The van der Waals surface area contributed by atoms with Gasteiger partial charge in [0.1, 0.15) is 0 Å². The highest BCUT2D eigenvalue weighted by Crippen LogP contribution is 2.29. The molecular formula is C15H21BrClNO2S. The van der Waals surface area contributed by atoms with Crippen molar-refractivity contribution in [3.63, 3.8) is 0 Å². The summed E-state index contributed by atoms with van der Waals surface area (Å²) in [7, 11) is -3.42. The zero-order valence-corrected chi connectivity index (χ0v) is 15.3. The maximum absolute atomic E-state index is 12.7. The molecule has 1 aromatic carbocycles. The van der Waals surface area contributed by atoms with Crippen molar-refractivity contribution in [3.05, 3.63) is 27.7 Å². The van der Waals surface area contributed by atoms with Gasteiger partial charge in [-0.15, -0.1) is 0 Å². The van der Waals surface area contributed by atoms with Crippen molar-refractivity contribution in [2.45, 2.75) is 43.9 Å². The number of nitrogens with zero attached hydrogens (tertiary/aromatic N) is 1. The van der Waals surface area contributed by atoms with Crippen molar-refractivity contribution < 1.29 is 8.42 Å². The van der Waals surface area contributed by atoms with Crippen LogP contribution in [-0.4, -0.2) is 25.8 Å². The lowest BCUT2D eigenvalue weighted by Crippen LogP contribution is -2.32. The van der Waals surface area contributed by atoms with Gasteiger partial charge in [-0.1, -0.05) is 31.4 Å². The molecule has 1 atom stereocenters. The molecule has 0 N–H and O–H groups in total. The fraction of sp³-hybridized carbons (Fsp3) is 0.600. The molecule has 0 spiro atoms. The van der Waals surface area contributed by atoms with Gasteiger partial charge in [-0.2, -0.15) is 4.31 Å². The first-order valence-electron chi connectivity index (χ1n) is 7.40. The third kappa shape index (κ3) is 4.21. The lowest BCUT2D eigenvalue weighted by atomic mass is 9.96. The lowest BCUT2D eigenvalue weighted by Gasteiger charge is -2.20. The Hall–Kier alpha value is -0.100. The van der Waals surface area contributed by atoms with E-state index in [2.05, 4.69) is 22.9 Å². The molecule has 0 amide bonds. The Balaban J connectivity index is 2.17. The molecule has 118 valence electrons. The highest BCUT2D eigenvalue weighted by atomic mass is 79.9. The van der Waals surface area contributed by atoms with E-state index in [1.807, 2.05) is 0 Å². The van der Waals surface area contributed by atoms with Crippen LogP contribution in [0, 0.1) is 5.92 Å². The van der Waals surface area contributed by atoms with E-state index in [9.17, 15) is 8.42 Å². The largest absolute Gasteiger partial charge is 0.243 e. The minimum Gasteiger partial charge on any atom is -0.207 e. The summed E-state index contributed by atoms with van der Waals surface area (Å²) in [4.78, 5) is 0.313. The van der Waals surface area contributed by atoms with Crippen LogP contribution in [0.25, 0.3) is 0 Å². The van der Waals surface area contributed by atoms with E-state index < -0.39 is 10.0 Å². The molecule has 1 aliphatic rings. The van der Waals surface area contributed by atoms with Gasteiger partial charge >= 0.3 is 0 Å². The fourth-order valence-corrected chi connectivity index (χ4v) is 5.03. The summed E-state index contributed by atoms with van der Waals surface area (Å²) in [6, 6.07) is 4.79. The molecule has 1 saturated heterocycles. The van der Waals surface area contributed by atoms with E-state index in [1.54, 1.807) is 22.5 Å². The predicted molar refractivity (Wildman–Crippen MR) is 90.2 cm³/mol. The SMILES string of the molecule is CCCC1CCCN(S(=O)(=O)c2ccc(Cl)c(Br)c2)CC1. The van der Waals surface area contributed by atoms with Crippen molar-refractivity contribution in [3.8, 4) is 0 Å². The van der Waals surface area contributed by atoms with Gasteiger partial charge in [-0.05, 0) is 59.3 Å². The molecule has 0 saturated carbocycles. The van der Waals surface area contributed by atoms with E-state index >= 15 is 0 Å². The molecule has 0 bridgehead atoms. The normalized spacial score (nSPS) is 21.2. The number of halogens is 2. The van der Waals surface area contributed by atoms with Crippen molar-refractivity contribution >= 4 is 37.6 Å². The van der Waals surface area contributed by atoms with Crippen molar-refractivity contribution in [1.82, 2.24) is 4.31 Å². The van der Waals surface area contributed by atoms with E-state index in [0.29, 0.717) is 33.4 Å². The first kappa shape index (κ1) is 17.3. The Morgan fingerprint density at radius 3 is 2.76 bits per heavy atom. The smallest absolute Gasteiger partial charge is 0.207 e. The molecule has 1 aromatic rings. The summed E-state index contributed by atoms with van der Waals surface area (Å²) in [6.07, 6.45) is 5.40. The Bertz CT molecular complexity index is 591. The number of sulfonamides is 1. The Morgan fingerprint density at radius 2 is 2.10 bits per heavy atom. The van der Waals surface area contributed by atoms with Gasteiger partial charge in [0.05, 0.1) is 9.92 Å². The van der Waals surface area contributed by atoms with Crippen LogP contribution in [0.4, 0.5) is 0 Å². The van der Waals surface area contributed by atoms with E-state index in [0.717, 1.165) is 19.3 Å². The van der Waals surface area contributed by atoms with Crippen LogP contribution >= 0.6 is 27.5 Å². The maximum atomic E-state index is 12.7. The highest BCUT2D eigenvalue weighted by molar-refractivity contribution is 9.10. The van der Waals surface area contributed by atoms with Crippen LogP contribution in [0.5, 0.6) is 0 Å². The molecule has 2 rings (SSSR count). The number of benzene rings is 1. The second kappa shape index (κ2) is 7.44. The quantitative estimate of drug-likeness (QED) is 0.742.